The van der Waals surface area contributed by atoms with Gasteiger partial charge in [-0.1, -0.05) is 12.1 Å². The van der Waals surface area contributed by atoms with E-state index < -0.39 is 10.2 Å². The van der Waals surface area contributed by atoms with Crippen LogP contribution in [0, 0.1) is 10.1 Å². The van der Waals surface area contributed by atoms with Crippen molar-refractivity contribution in [2.45, 2.75) is 0 Å². The summed E-state index contributed by atoms with van der Waals surface area (Å²) >= 11 is 5.34. The van der Waals surface area contributed by atoms with E-state index in [1.165, 1.54) is 12.1 Å². The summed E-state index contributed by atoms with van der Waals surface area (Å²) in [6.07, 6.45) is 0. The Morgan fingerprint density at radius 3 is 1.78 bits per heavy atom. The van der Waals surface area contributed by atoms with E-state index in [1.54, 1.807) is 36.4 Å². The molecule has 0 atom stereocenters. The Balaban J connectivity index is 2.31. The number of non-ortho nitro benzene ring substituents is 1. The number of hydrogen-bond donors (Lipinski definition) is 0. The normalized spacial score (nSPS) is 10.1. The van der Waals surface area contributed by atoms with Gasteiger partial charge in [0, 0.05) is 17.7 Å². The van der Waals surface area contributed by atoms with Crippen molar-refractivity contribution in [1.82, 2.24) is 0 Å². The first kappa shape index (κ1) is 12.3. The lowest BCUT2D eigenvalue weighted by Gasteiger charge is -2.02. The first-order valence-corrected chi connectivity index (χ1v) is 5.50. The zero-order valence-corrected chi connectivity index (χ0v) is 9.92. The Morgan fingerprint density at radius 1 is 0.944 bits per heavy atom. The zero-order valence-electron chi connectivity index (χ0n) is 9.17. The minimum absolute atomic E-state index is 0.0475. The molecule has 5 heteroatoms. The summed E-state index contributed by atoms with van der Waals surface area (Å²) in [5, 5.41) is 10.0. The van der Waals surface area contributed by atoms with Crippen LogP contribution in [0.5, 0.6) is 0 Å². The summed E-state index contributed by atoms with van der Waals surface area (Å²) in [5.74, 6) is 0. The van der Waals surface area contributed by atoms with Gasteiger partial charge in [-0.15, -0.1) is 0 Å². The molecular weight excluding hydrogens is 254 g/mol. The second-order valence-electron chi connectivity index (χ2n) is 3.66. The van der Waals surface area contributed by atoms with E-state index in [0.29, 0.717) is 5.56 Å². The minimum atomic E-state index is -0.509. The summed E-state index contributed by atoms with van der Waals surface area (Å²) in [6.45, 7) is 0. The topological polar surface area (TPSA) is 60.2 Å². The average molecular weight is 262 g/mol. The fourth-order valence-corrected chi connectivity index (χ4v) is 1.70. The molecule has 0 aliphatic rings. The molecule has 18 heavy (non-hydrogen) atoms. The second-order valence-corrected chi connectivity index (χ2v) is 4.00. The molecule has 4 nitrogen and oxygen atoms in total. The summed E-state index contributed by atoms with van der Waals surface area (Å²) < 4.78 is 0. The number of benzene rings is 2. The maximum absolute atomic E-state index is 10.9. The number of nitro groups is 1. The molecule has 0 bridgehead atoms. The van der Waals surface area contributed by atoms with Crippen LogP contribution in [0.25, 0.3) is 11.1 Å². The van der Waals surface area contributed by atoms with Gasteiger partial charge in [-0.2, -0.15) is 0 Å². The van der Waals surface area contributed by atoms with Gasteiger partial charge in [-0.05, 0) is 47.0 Å². The number of rotatable bonds is 3. The quantitative estimate of drug-likeness (QED) is 0.481. The minimum Gasteiger partial charge on any atom is -0.276 e. The predicted molar refractivity (Wildman–Crippen MR) is 68.7 cm³/mol. The van der Waals surface area contributed by atoms with Gasteiger partial charge in [-0.3, -0.25) is 14.9 Å². The molecule has 0 heterocycles. The van der Waals surface area contributed by atoms with Crippen molar-refractivity contribution >= 4 is 22.5 Å². The van der Waals surface area contributed by atoms with Crippen LogP contribution in [0.2, 0.25) is 0 Å². The van der Waals surface area contributed by atoms with E-state index in [-0.39, 0.29) is 5.69 Å². The Bertz CT molecular complexity index is 535. The number of nitro benzene ring substituents is 1. The van der Waals surface area contributed by atoms with Crippen molar-refractivity contribution in [3.05, 3.63) is 64.2 Å². The lowest BCUT2D eigenvalue weighted by atomic mass is 10.0. The molecule has 0 fully saturated rings. The molecule has 0 amide bonds. The third-order valence-corrected chi connectivity index (χ3v) is 2.74. The lowest BCUT2D eigenvalue weighted by molar-refractivity contribution is -0.384. The van der Waals surface area contributed by atoms with Crippen molar-refractivity contribution in [3.8, 4) is 11.1 Å². The molecule has 90 valence electrons. The third-order valence-electron chi connectivity index (χ3n) is 2.52. The van der Waals surface area contributed by atoms with Gasteiger partial charge in [0.2, 0.25) is 0 Å². The Morgan fingerprint density at radius 2 is 1.39 bits per heavy atom. The number of carbonyl (C=O) groups is 1. The second kappa shape index (κ2) is 4.98. The molecule has 0 unspecified atom stereocenters. The maximum Gasteiger partial charge on any atom is 0.269 e. The maximum atomic E-state index is 10.9. The van der Waals surface area contributed by atoms with Crippen molar-refractivity contribution in [2.24, 2.45) is 0 Å². The summed E-state index contributed by atoms with van der Waals surface area (Å²) in [4.78, 5) is 21.0. The van der Waals surface area contributed by atoms with Crippen LogP contribution in [0.15, 0.2) is 48.5 Å². The lowest BCUT2D eigenvalue weighted by Crippen LogP contribution is -1.89. The molecule has 0 saturated carbocycles. The number of hydrogen-bond acceptors (Lipinski definition) is 3. The molecule has 0 spiro atoms. The fraction of sp³-hybridized carbons (Fsp3) is 0. The SMILES string of the molecule is O=C(Cl)c1ccc(-c2ccc([N+](=O)[O-])cc2)cc1. The van der Waals surface area contributed by atoms with E-state index in [1.807, 2.05) is 0 Å². The van der Waals surface area contributed by atoms with Crippen LogP contribution >= 0.6 is 11.6 Å². The van der Waals surface area contributed by atoms with Gasteiger partial charge in [-0.25, -0.2) is 0 Å². The molecule has 2 aromatic rings. The molecule has 0 radical (unpaired) electrons. The van der Waals surface area contributed by atoms with Crippen LogP contribution in [0.4, 0.5) is 5.69 Å². The van der Waals surface area contributed by atoms with Gasteiger partial charge in [0.1, 0.15) is 0 Å². The fourth-order valence-electron chi connectivity index (χ4n) is 1.57. The van der Waals surface area contributed by atoms with Crippen molar-refractivity contribution in [2.75, 3.05) is 0 Å². The van der Waals surface area contributed by atoms with Crippen LogP contribution in [0.3, 0.4) is 0 Å². The van der Waals surface area contributed by atoms with Gasteiger partial charge < -0.3 is 0 Å². The van der Waals surface area contributed by atoms with Crippen LogP contribution in [-0.4, -0.2) is 10.2 Å². The first-order chi connectivity index (χ1) is 8.58. The Hall–Kier alpha value is -2.20. The van der Waals surface area contributed by atoms with Gasteiger partial charge in [0.25, 0.3) is 10.9 Å². The predicted octanol–water partition coefficient (Wildman–Crippen LogP) is 3.64. The van der Waals surface area contributed by atoms with Gasteiger partial charge in [0.15, 0.2) is 0 Å². The molecule has 0 aliphatic heterocycles. The van der Waals surface area contributed by atoms with Crippen LogP contribution in [-0.2, 0) is 0 Å². The summed E-state index contributed by atoms with van der Waals surface area (Å²) in [6, 6.07) is 12.9. The van der Waals surface area contributed by atoms with E-state index in [4.69, 9.17) is 11.6 Å². The summed E-state index contributed by atoms with van der Waals surface area (Å²) in [7, 11) is 0. The van der Waals surface area contributed by atoms with Gasteiger partial charge >= 0.3 is 0 Å². The molecule has 2 rings (SSSR count). The number of halogens is 1. The number of nitrogens with zero attached hydrogens (tertiary/aromatic N) is 1. The largest absolute Gasteiger partial charge is 0.276 e. The number of carbonyl (C=O) groups excluding carboxylic acids is 1. The highest BCUT2D eigenvalue weighted by atomic mass is 35.5. The standard InChI is InChI=1S/C13H8ClNO3/c14-13(16)11-3-1-9(2-4-11)10-5-7-12(8-6-10)15(17)18/h1-8H. The van der Waals surface area contributed by atoms with E-state index in [2.05, 4.69) is 0 Å². The molecule has 0 aromatic heterocycles. The van der Waals surface area contributed by atoms with Crippen molar-refractivity contribution < 1.29 is 9.72 Å². The van der Waals surface area contributed by atoms with Gasteiger partial charge in [0.05, 0.1) is 4.92 Å². The highest BCUT2D eigenvalue weighted by Crippen LogP contribution is 2.23. The highest BCUT2D eigenvalue weighted by Gasteiger charge is 2.06. The zero-order chi connectivity index (χ0) is 13.1. The molecule has 0 N–H and O–H groups in total. The molecule has 0 aliphatic carbocycles. The highest BCUT2D eigenvalue weighted by molar-refractivity contribution is 6.67. The molecule has 0 saturated heterocycles. The van der Waals surface area contributed by atoms with Crippen molar-refractivity contribution in [1.29, 1.82) is 0 Å². The molecule has 2 aromatic carbocycles. The van der Waals surface area contributed by atoms with Crippen LogP contribution < -0.4 is 0 Å². The van der Waals surface area contributed by atoms with E-state index in [0.717, 1.165) is 11.1 Å². The van der Waals surface area contributed by atoms with Crippen molar-refractivity contribution in [3.63, 3.8) is 0 Å². The third kappa shape index (κ3) is 2.55. The average Bonchev–Trinajstić information content (AvgIpc) is 2.39. The van der Waals surface area contributed by atoms with E-state index in [9.17, 15) is 14.9 Å². The first-order valence-electron chi connectivity index (χ1n) is 5.12. The van der Waals surface area contributed by atoms with Crippen LogP contribution in [0.1, 0.15) is 10.4 Å². The monoisotopic (exact) mass is 261 g/mol. The van der Waals surface area contributed by atoms with E-state index >= 15 is 0 Å². The molecular formula is C13H8ClNO3. The Labute approximate surface area is 108 Å². The summed E-state index contributed by atoms with van der Waals surface area (Å²) in [5.41, 5.74) is 2.18. The smallest absolute Gasteiger partial charge is 0.269 e. The Kier molecular flexibility index (Phi) is 3.39.